The van der Waals surface area contributed by atoms with Gasteiger partial charge >= 0.3 is 0 Å². The standard InChI is InChI=1S/C10H14O/c1-3-5-6-10-8-7-9(4-2)11-10/h3,7-8H,1,4-6H2,2H3. The molecule has 0 N–H and O–H groups in total. The smallest absolute Gasteiger partial charge is 0.104 e. The molecule has 1 heteroatoms. The van der Waals surface area contributed by atoms with Crippen molar-refractivity contribution in [3.05, 3.63) is 36.3 Å². The summed E-state index contributed by atoms with van der Waals surface area (Å²) in [5, 5.41) is 0. The number of furan rings is 1. The summed E-state index contributed by atoms with van der Waals surface area (Å²) in [4.78, 5) is 0. The highest BCUT2D eigenvalue weighted by Gasteiger charge is 1.97. The molecular formula is C10H14O. The van der Waals surface area contributed by atoms with E-state index < -0.39 is 0 Å². The van der Waals surface area contributed by atoms with Crippen LogP contribution in [0.25, 0.3) is 0 Å². The van der Waals surface area contributed by atoms with Gasteiger partial charge in [-0.2, -0.15) is 0 Å². The Morgan fingerprint density at radius 3 is 2.73 bits per heavy atom. The van der Waals surface area contributed by atoms with Gasteiger partial charge in [0.2, 0.25) is 0 Å². The van der Waals surface area contributed by atoms with E-state index in [0.29, 0.717) is 0 Å². The van der Waals surface area contributed by atoms with Gasteiger partial charge in [-0.25, -0.2) is 0 Å². The number of aryl methyl sites for hydroxylation is 2. The van der Waals surface area contributed by atoms with Crippen LogP contribution in [-0.4, -0.2) is 0 Å². The van der Waals surface area contributed by atoms with E-state index in [-0.39, 0.29) is 0 Å². The van der Waals surface area contributed by atoms with Crippen LogP contribution in [0.3, 0.4) is 0 Å². The zero-order valence-electron chi connectivity index (χ0n) is 6.97. The first-order valence-corrected chi connectivity index (χ1v) is 4.05. The second-order valence-corrected chi connectivity index (χ2v) is 2.55. The third-order valence-corrected chi connectivity index (χ3v) is 1.66. The number of hydrogen-bond acceptors (Lipinski definition) is 1. The molecule has 0 amide bonds. The first-order valence-electron chi connectivity index (χ1n) is 4.05. The fourth-order valence-corrected chi connectivity index (χ4v) is 0.991. The largest absolute Gasteiger partial charge is 0.466 e. The van der Waals surface area contributed by atoms with Gasteiger partial charge < -0.3 is 4.42 Å². The Bertz CT molecular complexity index is 223. The summed E-state index contributed by atoms with van der Waals surface area (Å²) in [5.41, 5.74) is 0. The zero-order valence-corrected chi connectivity index (χ0v) is 6.97. The minimum Gasteiger partial charge on any atom is -0.466 e. The van der Waals surface area contributed by atoms with Crippen LogP contribution in [0.5, 0.6) is 0 Å². The number of rotatable bonds is 4. The van der Waals surface area contributed by atoms with Crippen molar-refractivity contribution in [2.24, 2.45) is 0 Å². The van der Waals surface area contributed by atoms with Crippen molar-refractivity contribution in [2.45, 2.75) is 26.2 Å². The lowest BCUT2D eigenvalue weighted by Gasteiger charge is -1.90. The third-order valence-electron chi connectivity index (χ3n) is 1.66. The summed E-state index contributed by atoms with van der Waals surface area (Å²) >= 11 is 0. The maximum atomic E-state index is 5.49. The fraction of sp³-hybridized carbons (Fsp3) is 0.400. The van der Waals surface area contributed by atoms with Crippen molar-refractivity contribution >= 4 is 0 Å². The van der Waals surface area contributed by atoms with Crippen LogP contribution >= 0.6 is 0 Å². The number of hydrogen-bond donors (Lipinski definition) is 0. The summed E-state index contributed by atoms with van der Waals surface area (Å²) in [6.07, 6.45) is 4.86. The molecule has 1 aromatic rings. The average molecular weight is 150 g/mol. The lowest BCUT2D eigenvalue weighted by Crippen LogP contribution is -1.77. The molecular weight excluding hydrogens is 136 g/mol. The van der Waals surface area contributed by atoms with Crippen molar-refractivity contribution < 1.29 is 4.42 Å². The second kappa shape index (κ2) is 4.02. The van der Waals surface area contributed by atoms with Gasteiger partial charge in [0.15, 0.2) is 0 Å². The van der Waals surface area contributed by atoms with E-state index in [0.717, 1.165) is 30.8 Å². The molecule has 0 saturated carbocycles. The lowest BCUT2D eigenvalue weighted by atomic mass is 10.2. The Morgan fingerprint density at radius 2 is 2.18 bits per heavy atom. The molecule has 0 radical (unpaired) electrons. The van der Waals surface area contributed by atoms with Gasteiger partial charge in [-0.1, -0.05) is 13.0 Å². The van der Waals surface area contributed by atoms with E-state index in [1.165, 1.54) is 0 Å². The highest BCUT2D eigenvalue weighted by Crippen LogP contribution is 2.10. The molecule has 1 nitrogen and oxygen atoms in total. The highest BCUT2D eigenvalue weighted by atomic mass is 16.3. The van der Waals surface area contributed by atoms with Crippen molar-refractivity contribution in [1.29, 1.82) is 0 Å². The summed E-state index contributed by atoms with van der Waals surface area (Å²) in [6, 6.07) is 4.08. The van der Waals surface area contributed by atoms with E-state index in [4.69, 9.17) is 4.42 Å². The van der Waals surface area contributed by atoms with E-state index in [9.17, 15) is 0 Å². The van der Waals surface area contributed by atoms with Crippen LogP contribution in [0.2, 0.25) is 0 Å². The molecule has 11 heavy (non-hydrogen) atoms. The molecule has 1 heterocycles. The van der Waals surface area contributed by atoms with Crippen LogP contribution in [0.1, 0.15) is 24.9 Å². The second-order valence-electron chi connectivity index (χ2n) is 2.55. The van der Waals surface area contributed by atoms with Gasteiger partial charge in [-0.05, 0) is 18.6 Å². The molecule has 1 rings (SSSR count). The molecule has 0 bridgehead atoms. The van der Waals surface area contributed by atoms with Gasteiger partial charge in [-0.15, -0.1) is 6.58 Å². The fourth-order valence-electron chi connectivity index (χ4n) is 0.991. The molecule has 0 aliphatic carbocycles. The maximum Gasteiger partial charge on any atom is 0.104 e. The molecule has 0 atom stereocenters. The summed E-state index contributed by atoms with van der Waals surface area (Å²) in [7, 11) is 0. The molecule has 1 aromatic heterocycles. The minimum absolute atomic E-state index is 0.976. The normalized spacial score (nSPS) is 9.91. The van der Waals surface area contributed by atoms with Crippen molar-refractivity contribution in [1.82, 2.24) is 0 Å². The van der Waals surface area contributed by atoms with E-state index in [2.05, 4.69) is 13.5 Å². The molecule has 60 valence electrons. The minimum atomic E-state index is 0.976. The van der Waals surface area contributed by atoms with Crippen molar-refractivity contribution in [3.8, 4) is 0 Å². The molecule has 0 aromatic carbocycles. The van der Waals surface area contributed by atoms with Gasteiger partial charge in [0.25, 0.3) is 0 Å². The Balaban J connectivity index is 2.50. The van der Waals surface area contributed by atoms with Gasteiger partial charge in [0, 0.05) is 12.8 Å². The van der Waals surface area contributed by atoms with Crippen molar-refractivity contribution in [2.75, 3.05) is 0 Å². The summed E-state index contributed by atoms with van der Waals surface area (Å²) in [5.74, 6) is 2.14. The molecule has 0 aliphatic rings. The Hall–Kier alpha value is -0.980. The van der Waals surface area contributed by atoms with E-state index in [1.54, 1.807) is 0 Å². The van der Waals surface area contributed by atoms with Gasteiger partial charge in [-0.3, -0.25) is 0 Å². The number of allylic oxidation sites excluding steroid dienone is 1. The summed E-state index contributed by atoms with van der Waals surface area (Å²) in [6.45, 7) is 5.75. The van der Waals surface area contributed by atoms with Gasteiger partial charge in [0.05, 0.1) is 0 Å². The zero-order chi connectivity index (χ0) is 8.10. The maximum absolute atomic E-state index is 5.49. The predicted molar refractivity (Wildman–Crippen MR) is 46.6 cm³/mol. The molecule has 0 saturated heterocycles. The highest BCUT2D eigenvalue weighted by molar-refractivity contribution is 5.07. The van der Waals surface area contributed by atoms with Crippen LogP contribution in [0.15, 0.2) is 29.2 Å². The van der Waals surface area contributed by atoms with Crippen molar-refractivity contribution in [3.63, 3.8) is 0 Å². The van der Waals surface area contributed by atoms with E-state index in [1.807, 2.05) is 18.2 Å². The Labute approximate surface area is 67.7 Å². The molecule has 0 aliphatic heterocycles. The quantitative estimate of drug-likeness (QED) is 0.601. The molecule has 0 unspecified atom stereocenters. The SMILES string of the molecule is C=CCCc1ccc(CC)o1. The van der Waals surface area contributed by atoms with Crippen LogP contribution in [0.4, 0.5) is 0 Å². The summed E-state index contributed by atoms with van der Waals surface area (Å²) < 4.78 is 5.49. The Morgan fingerprint density at radius 1 is 1.45 bits per heavy atom. The average Bonchev–Trinajstić information content (AvgIpc) is 2.48. The Kier molecular flexibility index (Phi) is 2.96. The van der Waals surface area contributed by atoms with Crippen LogP contribution in [0, 0.1) is 0 Å². The monoisotopic (exact) mass is 150 g/mol. The topological polar surface area (TPSA) is 13.1 Å². The predicted octanol–water partition coefficient (Wildman–Crippen LogP) is 2.96. The van der Waals surface area contributed by atoms with Crippen LogP contribution in [-0.2, 0) is 12.8 Å². The van der Waals surface area contributed by atoms with Crippen LogP contribution < -0.4 is 0 Å². The molecule has 0 spiro atoms. The van der Waals surface area contributed by atoms with E-state index >= 15 is 0 Å². The third kappa shape index (κ3) is 2.26. The van der Waals surface area contributed by atoms with Gasteiger partial charge in [0.1, 0.15) is 11.5 Å². The first-order chi connectivity index (χ1) is 5.36. The lowest BCUT2D eigenvalue weighted by molar-refractivity contribution is 0.470. The molecule has 0 fully saturated rings. The first kappa shape index (κ1) is 8.12.